The van der Waals surface area contributed by atoms with Gasteiger partial charge in [0.1, 0.15) is 0 Å². The molecule has 0 fully saturated rings. The quantitative estimate of drug-likeness (QED) is 0.691. The second kappa shape index (κ2) is 4.58. The van der Waals surface area contributed by atoms with Gasteiger partial charge in [-0.2, -0.15) is 0 Å². The van der Waals surface area contributed by atoms with Gasteiger partial charge in [-0.25, -0.2) is 4.63 Å². The normalized spacial score (nSPS) is 13.2. The lowest BCUT2D eigenvalue weighted by Gasteiger charge is -2.15. The molecular weight excluding hydrogens is 220 g/mol. The minimum Gasteiger partial charge on any atom is -0.397 e. The van der Waals surface area contributed by atoms with Gasteiger partial charge < -0.3 is 16.2 Å². The molecule has 2 rings (SSSR count). The van der Waals surface area contributed by atoms with Crippen molar-refractivity contribution in [2.45, 2.75) is 20.0 Å². The SMILES string of the molecule is CC(C)C(O)CNc1ccc(N)c2nonc12. The monoisotopic (exact) mass is 236 g/mol. The second-order valence-corrected chi connectivity index (χ2v) is 4.36. The number of aromatic nitrogens is 2. The van der Waals surface area contributed by atoms with Crippen molar-refractivity contribution in [1.29, 1.82) is 0 Å². The van der Waals surface area contributed by atoms with Crippen molar-refractivity contribution in [1.82, 2.24) is 10.3 Å². The van der Waals surface area contributed by atoms with Gasteiger partial charge in [0.25, 0.3) is 0 Å². The highest BCUT2D eigenvalue weighted by Gasteiger charge is 2.12. The maximum atomic E-state index is 9.72. The molecule has 6 nitrogen and oxygen atoms in total. The zero-order valence-electron chi connectivity index (χ0n) is 9.84. The fourth-order valence-electron chi connectivity index (χ4n) is 1.48. The van der Waals surface area contributed by atoms with Crippen LogP contribution in [0.15, 0.2) is 16.8 Å². The molecule has 0 aliphatic carbocycles. The first-order valence-electron chi connectivity index (χ1n) is 5.52. The van der Waals surface area contributed by atoms with Crippen LogP contribution >= 0.6 is 0 Å². The van der Waals surface area contributed by atoms with E-state index in [2.05, 4.69) is 20.3 Å². The Hall–Kier alpha value is -1.82. The Morgan fingerprint density at radius 2 is 2.06 bits per heavy atom. The van der Waals surface area contributed by atoms with Crippen molar-refractivity contribution in [3.8, 4) is 0 Å². The molecule has 1 heterocycles. The summed E-state index contributed by atoms with van der Waals surface area (Å²) in [6.07, 6.45) is -0.414. The van der Waals surface area contributed by atoms with Gasteiger partial charge in [0, 0.05) is 6.54 Å². The summed E-state index contributed by atoms with van der Waals surface area (Å²) < 4.78 is 4.66. The first-order chi connectivity index (χ1) is 8.09. The number of aliphatic hydroxyl groups is 1. The molecule has 1 aromatic heterocycles. The van der Waals surface area contributed by atoms with E-state index in [0.29, 0.717) is 23.3 Å². The molecule has 1 unspecified atom stereocenters. The Morgan fingerprint density at radius 3 is 2.76 bits per heavy atom. The average Bonchev–Trinajstić information content (AvgIpc) is 2.77. The molecule has 1 atom stereocenters. The molecule has 0 spiro atoms. The first kappa shape index (κ1) is 11.7. The van der Waals surface area contributed by atoms with Crippen LogP contribution in [0.1, 0.15) is 13.8 Å². The molecule has 4 N–H and O–H groups in total. The Balaban J connectivity index is 2.19. The number of aliphatic hydroxyl groups excluding tert-OH is 1. The highest BCUT2D eigenvalue weighted by molar-refractivity contribution is 5.94. The molecule has 2 aromatic rings. The number of nitrogens with two attached hydrogens (primary N) is 1. The highest BCUT2D eigenvalue weighted by atomic mass is 16.6. The van der Waals surface area contributed by atoms with Crippen molar-refractivity contribution < 1.29 is 9.74 Å². The van der Waals surface area contributed by atoms with Gasteiger partial charge in [-0.15, -0.1) is 0 Å². The fraction of sp³-hybridized carbons (Fsp3) is 0.455. The second-order valence-electron chi connectivity index (χ2n) is 4.36. The van der Waals surface area contributed by atoms with E-state index in [4.69, 9.17) is 5.73 Å². The van der Waals surface area contributed by atoms with Gasteiger partial charge in [0.05, 0.1) is 17.5 Å². The van der Waals surface area contributed by atoms with Gasteiger partial charge >= 0.3 is 0 Å². The van der Waals surface area contributed by atoms with Crippen LogP contribution in [-0.2, 0) is 0 Å². The lowest BCUT2D eigenvalue weighted by Crippen LogP contribution is -2.24. The van der Waals surface area contributed by atoms with Gasteiger partial charge in [-0.1, -0.05) is 13.8 Å². The van der Waals surface area contributed by atoms with Crippen molar-refractivity contribution in [3.63, 3.8) is 0 Å². The van der Waals surface area contributed by atoms with Crippen molar-refractivity contribution in [2.24, 2.45) is 5.92 Å². The third-order valence-corrected chi connectivity index (χ3v) is 2.72. The van der Waals surface area contributed by atoms with Crippen LogP contribution in [0.5, 0.6) is 0 Å². The summed E-state index contributed by atoms with van der Waals surface area (Å²) in [6.45, 7) is 4.37. The summed E-state index contributed by atoms with van der Waals surface area (Å²) in [7, 11) is 0. The molecule has 0 bridgehead atoms. The van der Waals surface area contributed by atoms with Crippen LogP contribution in [0.3, 0.4) is 0 Å². The van der Waals surface area contributed by atoms with Gasteiger partial charge in [0.2, 0.25) is 0 Å². The number of nitrogens with one attached hydrogen (secondary N) is 1. The standard InChI is InChI=1S/C11H16N4O2/c1-6(2)9(16)5-13-8-4-3-7(12)10-11(8)15-17-14-10/h3-4,6,9,13,16H,5,12H2,1-2H3. The zero-order valence-corrected chi connectivity index (χ0v) is 9.84. The maximum absolute atomic E-state index is 9.72. The molecule has 0 aliphatic rings. The van der Waals surface area contributed by atoms with Gasteiger partial charge in [-0.3, -0.25) is 0 Å². The number of nitrogens with zero attached hydrogens (tertiary/aromatic N) is 2. The van der Waals surface area contributed by atoms with Gasteiger partial charge in [-0.05, 0) is 28.4 Å². The Bertz CT molecular complexity index is 509. The van der Waals surface area contributed by atoms with E-state index in [9.17, 15) is 5.11 Å². The number of nitrogen functional groups attached to an aromatic ring is 1. The van der Waals surface area contributed by atoms with Crippen LogP contribution in [0, 0.1) is 5.92 Å². The lowest BCUT2D eigenvalue weighted by molar-refractivity contribution is 0.138. The molecule has 0 saturated heterocycles. The summed E-state index contributed by atoms with van der Waals surface area (Å²) in [5.74, 6) is 0.196. The molecule has 0 aliphatic heterocycles. The third kappa shape index (κ3) is 2.31. The van der Waals surface area contributed by atoms with Crippen LogP contribution in [-0.4, -0.2) is 28.1 Å². The number of rotatable bonds is 4. The van der Waals surface area contributed by atoms with E-state index in [0.717, 1.165) is 5.69 Å². The minimum absolute atomic E-state index is 0.196. The predicted octanol–water partition coefficient (Wildman–Crippen LogP) is 1.23. The fourth-order valence-corrected chi connectivity index (χ4v) is 1.48. The molecule has 6 heteroatoms. The number of hydrogen-bond donors (Lipinski definition) is 3. The molecule has 17 heavy (non-hydrogen) atoms. The van der Waals surface area contributed by atoms with Gasteiger partial charge in [0.15, 0.2) is 11.0 Å². The number of benzene rings is 1. The lowest BCUT2D eigenvalue weighted by atomic mass is 10.1. The number of hydrogen-bond acceptors (Lipinski definition) is 6. The maximum Gasteiger partial charge on any atom is 0.160 e. The summed E-state index contributed by atoms with van der Waals surface area (Å²) in [4.78, 5) is 0. The molecule has 0 saturated carbocycles. The van der Waals surface area contributed by atoms with Crippen molar-refractivity contribution >= 4 is 22.4 Å². The van der Waals surface area contributed by atoms with E-state index in [-0.39, 0.29) is 5.92 Å². The van der Waals surface area contributed by atoms with E-state index in [1.807, 2.05) is 13.8 Å². The Morgan fingerprint density at radius 1 is 1.35 bits per heavy atom. The zero-order chi connectivity index (χ0) is 12.4. The molecule has 0 amide bonds. The van der Waals surface area contributed by atoms with Crippen LogP contribution in [0.25, 0.3) is 11.0 Å². The molecule has 92 valence electrons. The third-order valence-electron chi connectivity index (χ3n) is 2.72. The molecule has 1 aromatic carbocycles. The summed E-state index contributed by atoms with van der Waals surface area (Å²) in [5, 5.41) is 20.4. The summed E-state index contributed by atoms with van der Waals surface area (Å²) >= 11 is 0. The average molecular weight is 236 g/mol. The number of fused-ring (bicyclic) bond motifs is 1. The number of anilines is 2. The largest absolute Gasteiger partial charge is 0.397 e. The predicted molar refractivity (Wildman–Crippen MR) is 65.6 cm³/mol. The highest BCUT2D eigenvalue weighted by Crippen LogP contribution is 2.25. The Labute approximate surface area is 98.8 Å². The smallest absolute Gasteiger partial charge is 0.160 e. The van der Waals surface area contributed by atoms with Crippen molar-refractivity contribution in [2.75, 3.05) is 17.6 Å². The first-order valence-corrected chi connectivity index (χ1v) is 5.52. The van der Waals surface area contributed by atoms with E-state index in [1.54, 1.807) is 12.1 Å². The van der Waals surface area contributed by atoms with E-state index < -0.39 is 6.10 Å². The summed E-state index contributed by atoms with van der Waals surface area (Å²) in [5.41, 5.74) is 8.14. The Kier molecular flexibility index (Phi) is 3.14. The molecule has 0 radical (unpaired) electrons. The van der Waals surface area contributed by atoms with Crippen LogP contribution in [0.4, 0.5) is 11.4 Å². The van der Waals surface area contributed by atoms with E-state index in [1.165, 1.54) is 0 Å². The van der Waals surface area contributed by atoms with Crippen LogP contribution in [0.2, 0.25) is 0 Å². The van der Waals surface area contributed by atoms with Crippen LogP contribution < -0.4 is 11.1 Å². The minimum atomic E-state index is -0.414. The molecular formula is C11H16N4O2. The van der Waals surface area contributed by atoms with Crippen molar-refractivity contribution in [3.05, 3.63) is 12.1 Å². The topological polar surface area (TPSA) is 97.2 Å². The summed E-state index contributed by atoms with van der Waals surface area (Å²) in [6, 6.07) is 3.53. The van der Waals surface area contributed by atoms with E-state index >= 15 is 0 Å².